The number of anilines is 2. The highest BCUT2D eigenvalue weighted by Crippen LogP contribution is 2.25. The second-order valence-electron chi connectivity index (χ2n) is 7.37. The first-order valence-corrected chi connectivity index (χ1v) is 10.3. The molecule has 1 atom stereocenters. The number of nitrogens with one attached hydrogen (secondary N) is 1. The normalized spacial score (nSPS) is 14.5. The third-order valence-electron chi connectivity index (χ3n) is 5.22. The van der Waals surface area contributed by atoms with Crippen molar-refractivity contribution in [2.24, 2.45) is 0 Å². The van der Waals surface area contributed by atoms with E-state index in [4.69, 9.17) is 9.57 Å². The Balaban J connectivity index is 1.58. The molecule has 3 aromatic rings. The molecule has 0 saturated carbocycles. The summed E-state index contributed by atoms with van der Waals surface area (Å²) >= 11 is 0. The third-order valence-corrected chi connectivity index (χ3v) is 5.22. The van der Waals surface area contributed by atoms with E-state index in [0.29, 0.717) is 29.3 Å². The van der Waals surface area contributed by atoms with Gasteiger partial charge >= 0.3 is 6.09 Å². The number of ether oxygens (including phenoxy) is 1. The predicted octanol–water partition coefficient (Wildman–Crippen LogP) is 3.41. The maximum absolute atomic E-state index is 12.3. The van der Waals surface area contributed by atoms with Gasteiger partial charge in [0.2, 0.25) is 0 Å². The number of benzene rings is 1. The molecule has 9 nitrogen and oxygen atoms in total. The first-order chi connectivity index (χ1) is 15.2. The van der Waals surface area contributed by atoms with Crippen molar-refractivity contribution in [3.63, 3.8) is 0 Å². The molecule has 1 N–H and O–H groups in total. The molecule has 162 valence electrons. The minimum Gasteiger partial charge on any atom is -0.382 e. The number of hydrogen-bond donors (Lipinski definition) is 1. The quantitative estimate of drug-likeness (QED) is 0.579. The summed E-state index contributed by atoms with van der Waals surface area (Å²) in [5.41, 5.74) is 2.34. The molecule has 0 bridgehead atoms. The lowest BCUT2D eigenvalue weighted by Crippen LogP contribution is -2.34. The van der Waals surface area contributed by atoms with Crippen molar-refractivity contribution < 1.29 is 14.4 Å². The summed E-state index contributed by atoms with van der Waals surface area (Å²) in [6.45, 7) is 1.91. The molecular formula is C22H26N6O3. The highest BCUT2D eigenvalue weighted by Gasteiger charge is 2.22. The van der Waals surface area contributed by atoms with Gasteiger partial charge in [0.05, 0.1) is 18.2 Å². The Morgan fingerprint density at radius 2 is 1.94 bits per heavy atom. The number of likely N-dealkylation sites (tertiary alicyclic amines) is 1. The van der Waals surface area contributed by atoms with Crippen LogP contribution >= 0.6 is 0 Å². The van der Waals surface area contributed by atoms with Gasteiger partial charge < -0.3 is 19.8 Å². The van der Waals surface area contributed by atoms with E-state index in [1.165, 1.54) is 11.4 Å². The molecule has 1 fully saturated rings. The number of carbonyl (C=O) groups is 1. The van der Waals surface area contributed by atoms with Gasteiger partial charge in [0.1, 0.15) is 11.8 Å². The van der Waals surface area contributed by atoms with Crippen LogP contribution in [0, 0.1) is 0 Å². The van der Waals surface area contributed by atoms with E-state index in [0.717, 1.165) is 31.5 Å². The van der Waals surface area contributed by atoms with Crippen molar-refractivity contribution in [3.05, 3.63) is 54.4 Å². The summed E-state index contributed by atoms with van der Waals surface area (Å²) in [6, 6.07) is 13.5. The first-order valence-electron chi connectivity index (χ1n) is 10.3. The van der Waals surface area contributed by atoms with Crippen LogP contribution in [0.3, 0.4) is 0 Å². The number of rotatable bonds is 7. The van der Waals surface area contributed by atoms with Gasteiger partial charge in [-0.15, -0.1) is 0 Å². The number of fused-ring (bicyclic) bond motifs is 1. The zero-order valence-electron chi connectivity index (χ0n) is 17.7. The number of aromatic nitrogens is 3. The Labute approximate surface area is 181 Å². The zero-order chi connectivity index (χ0) is 21.6. The van der Waals surface area contributed by atoms with Gasteiger partial charge in [-0.1, -0.05) is 30.3 Å². The molecule has 31 heavy (non-hydrogen) atoms. The van der Waals surface area contributed by atoms with Crippen LogP contribution in [-0.4, -0.2) is 59.8 Å². The molecule has 2 aromatic heterocycles. The van der Waals surface area contributed by atoms with Crippen molar-refractivity contribution in [1.82, 2.24) is 19.9 Å². The van der Waals surface area contributed by atoms with Crippen LogP contribution in [0.2, 0.25) is 0 Å². The maximum atomic E-state index is 12.3. The number of amides is 1. The van der Waals surface area contributed by atoms with Gasteiger partial charge in [-0.05, 0) is 30.5 Å². The SMILES string of the molecule is COC[C@@H](Nc1ncnc2ccc(N(C)OC(=O)N3CCCC3)nc12)c1ccccc1. The van der Waals surface area contributed by atoms with Gasteiger partial charge in [-0.25, -0.2) is 19.7 Å². The number of pyridine rings is 1. The van der Waals surface area contributed by atoms with Gasteiger partial charge in [0.15, 0.2) is 11.6 Å². The number of methoxy groups -OCH3 is 1. The van der Waals surface area contributed by atoms with Gasteiger partial charge in [0, 0.05) is 27.2 Å². The fourth-order valence-electron chi connectivity index (χ4n) is 3.57. The minimum absolute atomic E-state index is 0.111. The Hall–Kier alpha value is -3.46. The molecule has 1 saturated heterocycles. The van der Waals surface area contributed by atoms with Gasteiger partial charge in [-0.2, -0.15) is 5.06 Å². The van der Waals surface area contributed by atoms with E-state index in [1.54, 1.807) is 25.1 Å². The average molecular weight is 422 g/mol. The molecule has 0 unspecified atom stereocenters. The molecule has 1 amide bonds. The van der Waals surface area contributed by atoms with E-state index < -0.39 is 0 Å². The van der Waals surface area contributed by atoms with E-state index in [2.05, 4.69) is 20.3 Å². The Bertz CT molecular complexity index is 1030. The van der Waals surface area contributed by atoms with Crippen LogP contribution in [0.4, 0.5) is 16.4 Å². The van der Waals surface area contributed by atoms with Crippen molar-refractivity contribution in [3.8, 4) is 0 Å². The van der Waals surface area contributed by atoms with Gasteiger partial charge in [0.25, 0.3) is 0 Å². The van der Waals surface area contributed by atoms with E-state index in [9.17, 15) is 4.79 Å². The summed E-state index contributed by atoms with van der Waals surface area (Å²) in [7, 11) is 3.33. The molecular weight excluding hydrogens is 396 g/mol. The van der Waals surface area contributed by atoms with Crippen LogP contribution in [0.15, 0.2) is 48.8 Å². The summed E-state index contributed by atoms with van der Waals surface area (Å²) in [4.78, 5) is 32.9. The maximum Gasteiger partial charge on any atom is 0.434 e. The summed E-state index contributed by atoms with van der Waals surface area (Å²) in [6.07, 6.45) is 3.14. The summed E-state index contributed by atoms with van der Waals surface area (Å²) in [5.74, 6) is 1.07. The second kappa shape index (κ2) is 9.57. The number of hydrogen-bond acceptors (Lipinski definition) is 8. The number of carbonyl (C=O) groups excluding carboxylic acids is 1. The summed E-state index contributed by atoms with van der Waals surface area (Å²) in [5, 5.41) is 4.79. The zero-order valence-corrected chi connectivity index (χ0v) is 17.7. The molecule has 9 heteroatoms. The third kappa shape index (κ3) is 4.83. The van der Waals surface area contributed by atoms with E-state index in [1.807, 2.05) is 36.4 Å². The molecule has 0 spiro atoms. The van der Waals surface area contributed by atoms with Crippen molar-refractivity contribution in [2.45, 2.75) is 18.9 Å². The molecule has 0 radical (unpaired) electrons. The molecule has 4 rings (SSSR count). The lowest BCUT2D eigenvalue weighted by molar-refractivity contribution is 0.104. The average Bonchev–Trinajstić information content (AvgIpc) is 3.34. The van der Waals surface area contributed by atoms with Crippen LogP contribution in [-0.2, 0) is 9.57 Å². The van der Waals surface area contributed by atoms with Crippen LogP contribution in [0.1, 0.15) is 24.4 Å². The van der Waals surface area contributed by atoms with Crippen molar-refractivity contribution in [1.29, 1.82) is 0 Å². The topological polar surface area (TPSA) is 92.7 Å². The van der Waals surface area contributed by atoms with Crippen molar-refractivity contribution >= 4 is 28.8 Å². The Morgan fingerprint density at radius 3 is 2.68 bits per heavy atom. The second-order valence-corrected chi connectivity index (χ2v) is 7.37. The smallest absolute Gasteiger partial charge is 0.382 e. The Morgan fingerprint density at radius 1 is 1.16 bits per heavy atom. The standard InChI is InChI=1S/C22H26N6O3/c1-27(31-22(29)28-12-6-7-13-28)19-11-10-17-20(26-19)21(24-15-23-17)25-18(14-30-2)16-8-4-3-5-9-16/h3-5,8-11,15,18H,6-7,12-14H2,1-2H3,(H,23,24,25)/t18-/m1/s1. The van der Waals surface area contributed by atoms with Crippen LogP contribution in [0.5, 0.6) is 0 Å². The highest BCUT2D eigenvalue weighted by molar-refractivity contribution is 5.86. The number of hydroxylamine groups is 1. The fraction of sp³-hybridized carbons (Fsp3) is 0.364. The number of nitrogens with zero attached hydrogens (tertiary/aromatic N) is 5. The highest BCUT2D eigenvalue weighted by atomic mass is 16.7. The molecule has 1 aliphatic heterocycles. The predicted molar refractivity (Wildman–Crippen MR) is 118 cm³/mol. The fourth-order valence-corrected chi connectivity index (χ4v) is 3.57. The lowest BCUT2D eigenvalue weighted by atomic mass is 10.1. The van der Waals surface area contributed by atoms with Gasteiger partial charge in [-0.3, -0.25) is 0 Å². The molecule has 1 aromatic carbocycles. The Kier molecular flexibility index (Phi) is 6.42. The first kappa shape index (κ1) is 20.8. The largest absolute Gasteiger partial charge is 0.434 e. The van der Waals surface area contributed by atoms with Crippen LogP contribution in [0.25, 0.3) is 11.0 Å². The molecule has 1 aliphatic rings. The van der Waals surface area contributed by atoms with E-state index >= 15 is 0 Å². The molecule has 0 aliphatic carbocycles. The van der Waals surface area contributed by atoms with E-state index in [-0.39, 0.29) is 12.1 Å². The van der Waals surface area contributed by atoms with Crippen molar-refractivity contribution in [2.75, 3.05) is 44.2 Å². The monoisotopic (exact) mass is 422 g/mol. The lowest BCUT2D eigenvalue weighted by Gasteiger charge is -2.22. The molecule has 3 heterocycles. The minimum atomic E-state index is -0.367. The van der Waals surface area contributed by atoms with Crippen LogP contribution < -0.4 is 10.4 Å². The summed E-state index contributed by atoms with van der Waals surface area (Å²) < 4.78 is 5.40.